The summed E-state index contributed by atoms with van der Waals surface area (Å²) in [4.78, 5) is 21.9. The molecule has 2 aliphatic heterocycles. The van der Waals surface area contributed by atoms with Crippen molar-refractivity contribution >= 4 is 5.91 Å². The molecule has 29 heavy (non-hydrogen) atoms. The molecule has 0 aromatic carbocycles. The van der Waals surface area contributed by atoms with Crippen LogP contribution >= 0.6 is 0 Å². The number of carbonyl (C=O) groups is 1. The molecule has 6 heteroatoms. The number of aromatic nitrogens is 1. The standard InChI is InChI=1S/C23H38N4O2/c1-18(16-23(2,3)29)26-14-9-21(10-15-26)27-12-7-19(8-13-27)22(28)25-17-20-6-4-5-11-24-20/h4-6,11,18-19,21,29H,7-10,12-17H2,1-3H3,(H,25,28)/t18-/m1/s1. The van der Waals surface area contributed by atoms with Gasteiger partial charge in [-0.2, -0.15) is 0 Å². The third-order valence-corrected chi connectivity index (χ3v) is 6.50. The first kappa shape index (κ1) is 22.2. The second kappa shape index (κ2) is 10.0. The molecular weight excluding hydrogens is 364 g/mol. The van der Waals surface area contributed by atoms with Crippen LogP contribution in [-0.4, -0.2) is 69.7 Å². The highest BCUT2D eigenvalue weighted by atomic mass is 16.3. The monoisotopic (exact) mass is 402 g/mol. The molecule has 2 N–H and O–H groups in total. The largest absolute Gasteiger partial charge is 0.390 e. The Morgan fingerprint density at radius 2 is 1.90 bits per heavy atom. The minimum absolute atomic E-state index is 0.127. The molecule has 6 nitrogen and oxygen atoms in total. The number of piperidine rings is 2. The Labute approximate surface area is 175 Å². The molecule has 0 spiro atoms. The summed E-state index contributed by atoms with van der Waals surface area (Å²) in [5.41, 5.74) is 0.304. The summed E-state index contributed by atoms with van der Waals surface area (Å²) in [5.74, 6) is 0.299. The van der Waals surface area contributed by atoms with Crippen molar-refractivity contribution in [3.05, 3.63) is 30.1 Å². The minimum Gasteiger partial charge on any atom is -0.390 e. The van der Waals surface area contributed by atoms with E-state index in [9.17, 15) is 9.90 Å². The first-order valence-corrected chi connectivity index (χ1v) is 11.2. The number of aliphatic hydroxyl groups is 1. The second-order valence-electron chi connectivity index (χ2n) is 9.48. The lowest BCUT2D eigenvalue weighted by Crippen LogP contribution is -2.51. The van der Waals surface area contributed by atoms with Crippen molar-refractivity contribution in [2.75, 3.05) is 26.2 Å². The van der Waals surface area contributed by atoms with Crippen molar-refractivity contribution in [1.82, 2.24) is 20.1 Å². The lowest BCUT2D eigenvalue weighted by Gasteiger charge is -2.43. The Morgan fingerprint density at radius 1 is 1.21 bits per heavy atom. The average Bonchev–Trinajstić information content (AvgIpc) is 2.72. The quantitative estimate of drug-likeness (QED) is 0.733. The molecule has 2 aliphatic rings. The number of pyridine rings is 1. The number of amides is 1. The van der Waals surface area contributed by atoms with Crippen molar-refractivity contribution in [1.29, 1.82) is 0 Å². The Balaban J connectivity index is 1.37. The third-order valence-electron chi connectivity index (χ3n) is 6.50. The second-order valence-corrected chi connectivity index (χ2v) is 9.48. The molecule has 1 amide bonds. The van der Waals surface area contributed by atoms with E-state index in [0.717, 1.165) is 51.1 Å². The van der Waals surface area contributed by atoms with E-state index in [1.807, 2.05) is 32.0 Å². The number of nitrogens with one attached hydrogen (secondary N) is 1. The van der Waals surface area contributed by atoms with Gasteiger partial charge in [0.25, 0.3) is 0 Å². The van der Waals surface area contributed by atoms with Crippen molar-refractivity contribution in [3.63, 3.8) is 0 Å². The Bertz CT molecular complexity index is 630. The zero-order valence-corrected chi connectivity index (χ0v) is 18.3. The maximum absolute atomic E-state index is 12.5. The molecule has 0 saturated carbocycles. The molecule has 0 radical (unpaired) electrons. The molecule has 162 valence electrons. The average molecular weight is 403 g/mol. The van der Waals surface area contributed by atoms with E-state index < -0.39 is 5.60 Å². The molecule has 0 aliphatic carbocycles. The van der Waals surface area contributed by atoms with Crippen LogP contribution < -0.4 is 5.32 Å². The van der Waals surface area contributed by atoms with Crippen LogP contribution in [0.5, 0.6) is 0 Å². The van der Waals surface area contributed by atoms with Gasteiger partial charge < -0.3 is 20.2 Å². The summed E-state index contributed by atoms with van der Waals surface area (Å²) < 4.78 is 0. The maximum atomic E-state index is 12.5. The zero-order valence-electron chi connectivity index (χ0n) is 18.3. The molecule has 2 saturated heterocycles. The number of carbonyl (C=O) groups excluding carboxylic acids is 1. The molecule has 1 aromatic heterocycles. The fourth-order valence-electron chi connectivity index (χ4n) is 4.90. The summed E-state index contributed by atoms with van der Waals surface area (Å²) in [5, 5.41) is 13.1. The number of likely N-dealkylation sites (tertiary alicyclic amines) is 2. The van der Waals surface area contributed by atoms with Gasteiger partial charge in [0.2, 0.25) is 5.91 Å². The van der Waals surface area contributed by atoms with E-state index in [-0.39, 0.29) is 11.8 Å². The van der Waals surface area contributed by atoms with Crippen molar-refractivity contribution in [2.24, 2.45) is 5.92 Å². The molecule has 1 atom stereocenters. The fraction of sp³-hybridized carbons (Fsp3) is 0.739. The molecule has 3 rings (SSSR count). The van der Waals surface area contributed by atoms with Crippen LogP contribution in [0.2, 0.25) is 0 Å². The van der Waals surface area contributed by atoms with E-state index in [2.05, 4.69) is 27.0 Å². The van der Waals surface area contributed by atoms with Crippen molar-refractivity contribution < 1.29 is 9.90 Å². The third kappa shape index (κ3) is 6.76. The molecule has 1 aromatic rings. The number of hydrogen-bond donors (Lipinski definition) is 2. The van der Waals surface area contributed by atoms with Crippen LogP contribution in [0, 0.1) is 5.92 Å². The maximum Gasteiger partial charge on any atom is 0.223 e. The van der Waals surface area contributed by atoms with Crippen LogP contribution in [0.1, 0.15) is 58.6 Å². The number of nitrogens with zero attached hydrogens (tertiary/aromatic N) is 3. The fourth-order valence-corrected chi connectivity index (χ4v) is 4.90. The van der Waals surface area contributed by atoms with Gasteiger partial charge in [-0.05, 0) is 91.2 Å². The zero-order chi connectivity index (χ0) is 20.9. The van der Waals surface area contributed by atoms with Gasteiger partial charge >= 0.3 is 0 Å². The van der Waals surface area contributed by atoms with E-state index in [1.54, 1.807) is 6.20 Å². The predicted octanol–water partition coefficient (Wildman–Crippen LogP) is 2.42. The Kier molecular flexibility index (Phi) is 7.66. The minimum atomic E-state index is -0.602. The Hall–Kier alpha value is -1.50. The summed E-state index contributed by atoms with van der Waals surface area (Å²) in [6, 6.07) is 6.84. The van der Waals surface area contributed by atoms with Gasteiger partial charge in [0.1, 0.15) is 0 Å². The summed E-state index contributed by atoms with van der Waals surface area (Å²) in [7, 11) is 0. The van der Waals surface area contributed by atoms with Crippen LogP contribution in [0.15, 0.2) is 24.4 Å². The van der Waals surface area contributed by atoms with E-state index in [0.29, 0.717) is 18.6 Å². The lowest BCUT2D eigenvalue weighted by molar-refractivity contribution is -0.127. The number of rotatable bonds is 7. The van der Waals surface area contributed by atoms with Gasteiger partial charge in [0.15, 0.2) is 0 Å². The van der Waals surface area contributed by atoms with Gasteiger partial charge in [-0.1, -0.05) is 6.07 Å². The highest BCUT2D eigenvalue weighted by Crippen LogP contribution is 2.26. The van der Waals surface area contributed by atoms with Gasteiger partial charge in [0.05, 0.1) is 17.8 Å². The summed E-state index contributed by atoms with van der Waals surface area (Å²) in [6.45, 7) is 10.8. The molecule has 0 bridgehead atoms. The normalized spacial score (nSPS) is 21.8. The van der Waals surface area contributed by atoms with Gasteiger partial charge in [0, 0.05) is 24.2 Å². The predicted molar refractivity (Wildman–Crippen MR) is 115 cm³/mol. The number of hydrogen-bond acceptors (Lipinski definition) is 5. The van der Waals surface area contributed by atoms with E-state index >= 15 is 0 Å². The Morgan fingerprint density at radius 3 is 2.48 bits per heavy atom. The van der Waals surface area contributed by atoms with E-state index in [1.165, 1.54) is 12.8 Å². The van der Waals surface area contributed by atoms with Crippen LogP contribution in [0.3, 0.4) is 0 Å². The summed E-state index contributed by atoms with van der Waals surface area (Å²) >= 11 is 0. The molecule has 2 fully saturated rings. The SMILES string of the molecule is C[C@H](CC(C)(C)O)N1CCC(N2CCC(C(=O)NCc3ccccn3)CC2)CC1. The first-order valence-electron chi connectivity index (χ1n) is 11.2. The van der Waals surface area contributed by atoms with Crippen molar-refractivity contribution in [2.45, 2.75) is 77.1 Å². The highest BCUT2D eigenvalue weighted by molar-refractivity contribution is 5.78. The van der Waals surface area contributed by atoms with E-state index in [4.69, 9.17) is 0 Å². The molecule has 3 heterocycles. The van der Waals surface area contributed by atoms with Crippen LogP contribution in [0.25, 0.3) is 0 Å². The van der Waals surface area contributed by atoms with Gasteiger partial charge in [-0.3, -0.25) is 9.78 Å². The topological polar surface area (TPSA) is 68.7 Å². The van der Waals surface area contributed by atoms with Crippen LogP contribution in [0.4, 0.5) is 0 Å². The molecular formula is C23H38N4O2. The van der Waals surface area contributed by atoms with Gasteiger partial charge in [-0.15, -0.1) is 0 Å². The molecule has 0 unspecified atom stereocenters. The summed E-state index contributed by atoms with van der Waals surface area (Å²) in [6.07, 6.45) is 6.85. The van der Waals surface area contributed by atoms with Gasteiger partial charge in [-0.25, -0.2) is 0 Å². The lowest BCUT2D eigenvalue weighted by atomic mass is 9.92. The highest BCUT2D eigenvalue weighted by Gasteiger charge is 2.32. The smallest absolute Gasteiger partial charge is 0.223 e. The van der Waals surface area contributed by atoms with Crippen LogP contribution in [-0.2, 0) is 11.3 Å². The first-order chi connectivity index (χ1) is 13.8. The van der Waals surface area contributed by atoms with Crippen molar-refractivity contribution in [3.8, 4) is 0 Å².